The van der Waals surface area contributed by atoms with E-state index in [0.717, 1.165) is 29.3 Å². The van der Waals surface area contributed by atoms with Gasteiger partial charge < -0.3 is 5.32 Å². The molecule has 0 saturated carbocycles. The first-order valence-electron chi connectivity index (χ1n) is 6.84. The number of rotatable bonds is 4. The Bertz CT molecular complexity index is 733. The van der Waals surface area contributed by atoms with Crippen LogP contribution in [0.3, 0.4) is 0 Å². The summed E-state index contributed by atoms with van der Waals surface area (Å²) in [6.45, 7) is 5.15. The van der Waals surface area contributed by atoms with Crippen LogP contribution in [-0.2, 0) is 0 Å². The highest BCUT2D eigenvalue weighted by atomic mass is 32.1. The minimum absolute atomic E-state index is 0.961. The zero-order chi connectivity index (χ0) is 13.9. The summed E-state index contributed by atoms with van der Waals surface area (Å²) in [7, 11) is 0. The van der Waals surface area contributed by atoms with Crippen LogP contribution in [-0.4, -0.2) is 16.5 Å². The topological polar surface area (TPSA) is 37.8 Å². The van der Waals surface area contributed by atoms with Crippen LogP contribution >= 0.6 is 11.3 Å². The van der Waals surface area contributed by atoms with Crippen molar-refractivity contribution in [2.24, 2.45) is 0 Å². The lowest BCUT2D eigenvalue weighted by Crippen LogP contribution is -1.97. The van der Waals surface area contributed by atoms with Gasteiger partial charge in [-0.15, -0.1) is 0 Å². The Morgan fingerprint density at radius 1 is 1.25 bits per heavy atom. The second kappa shape index (κ2) is 5.59. The van der Waals surface area contributed by atoms with Gasteiger partial charge in [0.05, 0.1) is 10.4 Å². The van der Waals surface area contributed by atoms with Crippen molar-refractivity contribution in [3.05, 3.63) is 42.2 Å². The molecule has 0 spiro atoms. The van der Waals surface area contributed by atoms with Gasteiger partial charge in [-0.25, -0.2) is 4.98 Å². The molecule has 0 aliphatic carbocycles. The van der Waals surface area contributed by atoms with Crippen molar-refractivity contribution in [2.75, 3.05) is 11.9 Å². The lowest BCUT2D eigenvalue weighted by atomic mass is 10.1. The Morgan fingerprint density at radius 2 is 2.10 bits per heavy atom. The first kappa shape index (κ1) is 13.1. The molecule has 2 aromatic heterocycles. The molecule has 0 aliphatic heterocycles. The number of nitrogens with zero attached hydrogens (tertiary/aromatic N) is 2. The standard InChI is InChI=1S/C16H17N3S/c1-3-8-17-16-18-10-15(20-16)13-9-11(2)19-14-7-5-4-6-12(13)14/h4-7,9-10H,3,8H2,1-2H3,(H,17,18). The van der Waals surface area contributed by atoms with E-state index >= 15 is 0 Å². The van der Waals surface area contributed by atoms with Crippen molar-refractivity contribution < 1.29 is 0 Å². The van der Waals surface area contributed by atoms with E-state index in [2.05, 4.69) is 46.5 Å². The van der Waals surface area contributed by atoms with E-state index in [1.165, 1.54) is 15.8 Å². The fraction of sp³-hybridized carbons (Fsp3) is 0.250. The van der Waals surface area contributed by atoms with Crippen molar-refractivity contribution >= 4 is 27.4 Å². The number of pyridine rings is 1. The molecule has 3 rings (SSSR count). The molecule has 0 atom stereocenters. The number of nitrogens with one attached hydrogen (secondary N) is 1. The molecule has 1 aromatic carbocycles. The molecular formula is C16H17N3S. The van der Waals surface area contributed by atoms with Crippen LogP contribution in [0.1, 0.15) is 19.0 Å². The van der Waals surface area contributed by atoms with Gasteiger partial charge in [0.1, 0.15) is 0 Å². The predicted molar refractivity (Wildman–Crippen MR) is 86.4 cm³/mol. The van der Waals surface area contributed by atoms with Gasteiger partial charge in [-0.2, -0.15) is 0 Å². The largest absolute Gasteiger partial charge is 0.362 e. The summed E-state index contributed by atoms with van der Waals surface area (Å²) in [6, 6.07) is 10.4. The molecule has 0 unspecified atom stereocenters. The highest BCUT2D eigenvalue weighted by Crippen LogP contribution is 2.34. The first-order chi connectivity index (χ1) is 9.78. The Labute approximate surface area is 122 Å². The highest BCUT2D eigenvalue weighted by molar-refractivity contribution is 7.19. The van der Waals surface area contributed by atoms with Crippen LogP contribution in [0.2, 0.25) is 0 Å². The van der Waals surface area contributed by atoms with E-state index in [9.17, 15) is 0 Å². The van der Waals surface area contributed by atoms with Crippen LogP contribution in [0.15, 0.2) is 36.5 Å². The van der Waals surface area contributed by atoms with Crippen LogP contribution in [0.25, 0.3) is 21.3 Å². The summed E-state index contributed by atoms with van der Waals surface area (Å²) in [6.07, 6.45) is 3.05. The molecule has 102 valence electrons. The minimum atomic E-state index is 0.961. The number of hydrogen-bond donors (Lipinski definition) is 1. The maximum absolute atomic E-state index is 4.59. The highest BCUT2D eigenvalue weighted by Gasteiger charge is 2.09. The van der Waals surface area contributed by atoms with E-state index in [4.69, 9.17) is 0 Å². The number of anilines is 1. The molecule has 4 heteroatoms. The third-order valence-corrected chi connectivity index (χ3v) is 4.13. The number of aryl methyl sites for hydroxylation is 1. The summed E-state index contributed by atoms with van der Waals surface area (Å²) >= 11 is 1.70. The molecule has 20 heavy (non-hydrogen) atoms. The van der Waals surface area contributed by atoms with Gasteiger partial charge in [0.25, 0.3) is 0 Å². The van der Waals surface area contributed by atoms with E-state index in [-0.39, 0.29) is 0 Å². The molecule has 3 aromatic rings. The molecule has 0 aliphatic rings. The Morgan fingerprint density at radius 3 is 2.95 bits per heavy atom. The lowest BCUT2D eigenvalue weighted by molar-refractivity contribution is 0.976. The molecule has 1 N–H and O–H groups in total. The monoisotopic (exact) mass is 283 g/mol. The van der Waals surface area contributed by atoms with Crippen molar-refractivity contribution in [3.8, 4) is 10.4 Å². The number of thiazole rings is 1. The van der Waals surface area contributed by atoms with Crippen LogP contribution < -0.4 is 5.32 Å². The maximum atomic E-state index is 4.59. The fourth-order valence-corrected chi connectivity index (χ4v) is 3.10. The maximum Gasteiger partial charge on any atom is 0.183 e. The molecule has 0 amide bonds. The number of aromatic nitrogens is 2. The number of hydrogen-bond acceptors (Lipinski definition) is 4. The minimum Gasteiger partial charge on any atom is -0.362 e. The van der Waals surface area contributed by atoms with E-state index in [1.807, 2.05) is 19.2 Å². The summed E-state index contributed by atoms with van der Waals surface area (Å²) < 4.78 is 0. The van der Waals surface area contributed by atoms with Crippen LogP contribution in [0.4, 0.5) is 5.13 Å². The lowest BCUT2D eigenvalue weighted by Gasteiger charge is -2.05. The molecule has 3 nitrogen and oxygen atoms in total. The predicted octanol–water partition coefficient (Wildman–Crippen LogP) is 4.49. The second-order valence-electron chi connectivity index (χ2n) is 4.78. The molecule has 0 bridgehead atoms. The van der Waals surface area contributed by atoms with E-state index in [1.54, 1.807) is 11.3 Å². The number of para-hydroxylation sites is 1. The average Bonchev–Trinajstić information content (AvgIpc) is 2.93. The molecule has 0 fully saturated rings. The number of benzene rings is 1. The Balaban J connectivity index is 2.07. The molecule has 0 saturated heterocycles. The van der Waals surface area contributed by atoms with Gasteiger partial charge in [-0.1, -0.05) is 36.5 Å². The first-order valence-corrected chi connectivity index (χ1v) is 7.66. The third-order valence-electron chi connectivity index (χ3n) is 3.14. The van der Waals surface area contributed by atoms with Crippen LogP contribution in [0.5, 0.6) is 0 Å². The van der Waals surface area contributed by atoms with Gasteiger partial charge in [0.15, 0.2) is 5.13 Å². The number of fused-ring (bicyclic) bond motifs is 1. The summed E-state index contributed by atoms with van der Waals surface area (Å²) in [5.74, 6) is 0. The van der Waals surface area contributed by atoms with Gasteiger partial charge in [-0.05, 0) is 25.5 Å². The quantitative estimate of drug-likeness (QED) is 0.766. The average molecular weight is 283 g/mol. The smallest absolute Gasteiger partial charge is 0.183 e. The zero-order valence-corrected chi connectivity index (χ0v) is 12.5. The van der Waals surface area contributed by atoms with Gasteiger partial charge in [0, 0.05) is 29.4 Å². The molecule has 2 heterocycles. The fourth-order valence-electron chi connectivity index (χ4n) is 2.22. The zero-order valence-electron chi connectivity index (χ0n) is 11.7. The molecular weight excluding hydrogens is 266 g/mol. The Hall–Kier alpha value is -1.94. The summed E-state index contributed by atoms with van der Waals surface area (Å²) in [4.78, 5) is 10.2. The second-order valence-corrected chi connectivity index (χ2v) is 5.82. The van der Waals surface area contributed by atoms with Gasteiger partial charge >= 0.3 is 0 Å². The van der Waals surface area contributed by atoms with E-state index in [0.29, 0.717) is 0 Å². The SMILES string of the molecule is CCCNc1ncc(-c2cc(C)nc3ccccc23)s1. The van der Waals surface area contributed by atoms with Crippen molar-refractivity contribution in [1.82, 2.24) is 9.97 Å². The third kappa shape index (κ3) is 2.51. The van der Waals surface area contributed by atoms with E-state index < -0.39 is 0 Å². The van der Waals surface area contributed by atoms with Crippen LogP contribution in [0, 0.1) is 6.92 Å². The Kier molecular flexibility index (Phi) is 3.65. The van der Waals surface area contributed by atoms with Crippen molar-refractivity contribution in [1.29, 1.82) is 0 Å². The summed E-state index contributed by atoms with van der Waals surface area (Å²) in [5, 5.41) is 5.51. The van der Waals surface area contributed by atoms with Crippen molar-refractivity contribution in [3.63, 3.8) is 0 Å². The normalized spacial score (nSPS) is 10.9. The van der Waals surface area contributed by atoms with Crippen molar-refractivity contribution in [2.45, 2.75) is 20.3 Å². The van der Waals surface area contributed by atoms with Gasteiger partial charge in [-0.3, -0.25) is 4.98 Å². The summed E-state index contributed by atoms with van der Waals surface area (Å²) in [5.41, 5.74) is 3.30. The van der Waals surface area contributed by atoms with Gasteiger partial charge in [0.2, 0.25) is 0 Å². The molecule has 0 radical (unpaired) electrons.